The van der Waals surface area contributed by atoms with E-state index in [1.165, 1.54) is 12.8 Å². The molecule has 0 aromatic heterocycles. The van der Waals surface area contributed by atoms with Gasteiger partial charge >= 0.3 is 5.97 Å². The normalized spacial score (nSPS) is 15.0. The number of ketones is 1. The van der Waals surface area contributed by atoms with Crippen molar-refractivity contribution in [3.8, 4) is 17.1 Å². The molecule has 12 nitrogen and oxygen atoms in total. The summed E-state index contributed by atoms with van der Waals surface area (Å²) in [6.45, 7) is 12.5. The zero-order chi connectivity index (χ0) is 41.1. The third kappa shape index (κ3) is 13.4. The van der Waals surface area contributed by atoms with Crippen LogP contribution in [-0.4, -0.2) is 75.4 Å². The van der Waals surface area contributed by atoms with E-state index in [4.69, 9.17) is 9.15 Å². The van der Waals surface area contributed by atoms with Crippen molar-refractivity contribution in [1.82, 2.24) is 4.58 Å². The number of carbonyl (C=O) groups is 2. The van der Waals surface area contributed by atoms with Crippen LogP contribution < -0.4 is 19.6 Å². The molecule has 3 aliphatic rings. The quantitative estimate of drug-likeness (QED) is 0.0274. The van der Waals surface area contributed by atoms with Crippen LogP contribution in [0, 0.1) is 5.92 Å². The highest BCUT2D eigenvalue weighted by molar-refractivity contribution is 7.86. The number of rotatable bonds is 21. The molecular formula is C42H59N2O10S2+. The molecule has 1 aliphatic carbocycles. The Bertz CT molecular complexity index is 2060. The molecule has 0 spiro atoms. The van der Waals surface area contributed by atoms with Gasteiger partial charge < -0.3 is 14.1 Å². The maximum absolute atomic E-state index is 13.8. The summed E-state index contributed by atoms with van der Waals surface area (Å²) in [5.41, 5.74) is 2.23. The summed E-state index contributed by atoms with van der Waals surface area (Å²) in [4.78, 5) is 29.6. The lowest BCUT2D eigenvalue weighted by Gasteiger charge is -2.27. The largest absolute Gasteiger partial charge is 0.460 e. The lowest BCUT2D eigenvalue weighted by atomic mass is 9.89. The second-order valence-electron chi connectivity index (χ2n) is 15.7. The third-order valence-corrected chi connectivity index (χ3v) is 11.5. The lowest BCUT2D eigenvalue weighted by Crippen LogP contribution is -2.33. The van der Waals surface area contributed by atoms with E-state index in [2.05, 4.69) is 18.7 Å². The molecule has 1 aromatic carbocycles. The molecule has 4 rings (SSSR count). The molecule has 2 aliphatic heterocycles. The molecule has 1 aromatic rings. The van der Waals surface area contributed by atoms with Crippen molar-refractivity contribution in [1.29, 1.82) is 0 Å². The number of fused-ring (bicyclic) bond motifs is 2. The van der Waals surface area contributed by atoms with Crippen LogP contribution >= 0.6 is 0 Å². The topological polar surface area (TPSA) is 171 Å². The average Bonchev–Trinajstić information content (AvgIpc) is 3.11. The number of Topliss-reactive ketones (excluding diaryl/α,β-unsaturated/α-hetero) is 1. The van der Waals surface area contributed by atoms with Crippen molar-refractivity contribution in [3.05, 3.63) is 70.8 Å². The molecule has 308 valence electrons. The van der Waals surface area contributed by atoms with E-state index in [9.17, 15) is 35.5 Å². The smallest absolute Gasteiger partial charge is 0.326 e. The van der Waals surface area contributed by atoms with Crippen molar-refractivity contribution >= 4 is 43.8 Å². The van der Waals surface area contributed by atoms with Gasteiger partial charge in [0.15, 0.2) is 5.78 Å². The number of hydrogen-bond acceptors (Lipinski definition) is 9. The first-order valence-electron chi connectivity index (χ1n) is 19.8. The maximum atomic E-state index is 13.8. The van der Waals surface area contributed by atoms with Gasteiger partial charge in [0.05, 0.1) is 23.1 Å². The molecule has 2 N–H and O–H groups in total. The van der Waals surface area contributed by atoms with E-state index in [1.54, 1.807) is 41.0 Å². The summed E-state index contributed by atoms with van der Waals surface area (Å²) < 4.78 is 78.1. The number of esters is 1. The molecule has 1 atom stereocenters. The number of ether oxygens (including phenoxy) is 1. The third-order valence-electron chi connectivity index (χ3n) is 9.92. The van der Waals surface area contributed by atoms with E-state index in [1.807, 2.05) is 39.0 Å². The van der Waals surface area contributed by atoms with Crippen molar-refractivity contribution in [2.75, 3.05) is 42.6 Å². The highest BCUT2D eigenvalue weighted by Gasteiger charge is 2.35. The molecule has 0 bridgehead atoms. The van der Waals surface area contributed by atoms with Gasteiger partial charge in [-0.3, -0.25) is 18.7 Å². The van der Waals surface area contributed by atoms with Crippen molar-refractivity contribution < 1.29 is 44.7 Å². The van der Waals surface area contributed by atoms with E-state index in [0.29, 0.717) is 33.6 Å². The van der Waals surface area contributed by atoms with Crippen molar-refractivity contribution in [2.24, 2.45) is 5.92 Å². The van der Waals surface area contributed by atoms with Crippen LogP contribution in [0.25, 0.3) is 17.4 Å². The number of nitrogens with zero attached hydrogens (tertiary/aromatic N) is 2. The minimum atomic E-state index is -4.21. The van der Waals surface area contributed by atoms with E-state index < -0.39 is 49.0 Å². The highest BCUT2D eigenvalue weighted by atomic mass is 32.2. The number of carbonyl (C=O) groups excluding carboxylic acids is 2. The predicted octanol–water partition coefficient (Wildman–Crippen LogP) is 7.41. The highest BCUT2D eigenvalue weighted by Crippen LogP contribution is 2.36. The number of hydrogen-bond donors (Lipinski definition) is 2. The van der Waals surface area contributed by atoms with Gasteiger partial charge in [0, 0.05) is 54.7 Å². The van der Waals surface area contributed by atoms with Gasteiger partial charge in [0.25, 0.3) is 20.2 Å². The Labute approximate surface area is 332 Å². The van der Waals surface area contributed by atoms with Crippen LogP contribution in [0.5, 0.6) is 5.75 Å². The Morgan fingerprint density at radius 2 is 1.36 bits per heavy atom. The summed E-state index contributed by atoms with van der Waals surface area (Å²) in [5, 5.41) is 0.607. The maximum Gasteiger partial charge on any atom is 0.326 e. The van der Waals surface area contributed by atoms with Gasteiger partial charge in [-0.2, -0.15) is 16.8 Å². The first-order valence-corrected chi connectivity index (χ1v) is 23.0. The standard InChI is InChI=1S/C42H58N2O10S2/c1-6-8-10-12-22-43(23-13-11-9-7-2)33-18-21-35-38(30-33)54-41(46)36(40(35)45)19-16-31-28-39(42(3,4)5)53-37-29-32(17-20-34(31)37)44(24-14-26-55(47,48)49)25-15-27-56(50,51)52/h16-21,28-30,36H,6-15,22-27H2,1-5H3,(H-,47,48,49,50,51,52)/p+1/b19-16+. The summed E-state index contributed by atoms with van der Waals surface area (Å²) in [5.74, 6) is -1.74. The summed E-state index contributed by atoms with van der Waals surface area (Å²) >= 11 is 0. The molecule has 0 amide bonds. The summed E-state index contributed by atoms with van der Waals surface area (Å²) in [6.07, 6.45) is 12.5. The molecule has 0 radical (unpaired) electrons. The van der Waals surface area contributed by atoms with E-state index in [-0.39, 0.29) is 37.5 Å². The number of unbranched alkanes of at least 4 members (excludes halogenated alkanes) is 6. The Morgan fingerprint density at radius 3 is 1.91 bits per heavy atom. The van der Waals surface area contributed by atoms with Crippen LogP contribution in [-0.2, 0) is 30.4 Å². The molecule has 14 heteroatoms. The molecule has 0 saturated carbocycles. The second-order valence-corrected chi connectivity index (χ2v) is 18.8. The first-order chi connectivity index (χ1) is 26.4. The Balaban J connectivity index is 1.67. The molecule has 0 saturated heterocycles. The lowest BCUT2D eigenvalue weighted by molar-refractivity contribution is -0.136. The van der Waals surface area contributed by atoms with Crippen LogP contribution in [0.2, 0.25) is 0 Å². The molecule has 56 heavy (non-hydrogen) atoms. The fourth-order valence-electron chi connectivity index (χ4n) is 6.79. The Hall–Kier alpha value is -3.85. The zero-order valence-corrected chi connectivity index (χ0v) is 35.1. The fourth-order valence-corrected chi connectivity index (χ4v) is 7.78. The zero-order valence-electron chi connectivity index (χ0n) is 33.5. The van der Waals surface area contributed by atoms with Crippen LogP contribution in [0.3, 0.4) is 0 Å². The van der Waals surface area contributed by atoms with Crippen LogP contribution in [0.15, 0.2) is 53.0 Å². The van der Waals surface area contributed by atoms with E-state index in [0.717, 1.165) is 57.3 Å². The van der Waals surface area contributed by atoms with Gasteiger partial charge in [0.1, 0.15) is 36.3 Å². The minimum Gasteiger partial charge on any atom is -0.460 e. The van der Waals surface area contributed by atoms with Gasteiger partial charge in [-0.1, -0.05) is 85.3 Å². The average molecular weight is 816 g/mol. The first kappa shape index (κ1) is 44.9. The molecule has 1 unspecified atom stereocenters. The van der Waals surface area contributed by atoms with Gasteiger partial charge in [-0.25, -0.2) is 4.58 Å². The molecular weight excluding hydrogens is 757 g/mol. The Kier molecular flexibility index (Phi) is 16.0. The SMILES string of the molecule is CCCCCCN(CCCCCC)c1ccc2c(c1)OC(=O)C(/C=C/c1cc(C(C)(C)C)oc3cc(=[N+](CCCS(=O)(=O)O)CCCS(=O)(=O)O)ccc1-3)C2=O. The molecule has 2 heterocycles. The Morgan fingerprint density at radius 1 is 0.768 bits per heavy atom. The van der Waals surface area contributed by atoms with E-state index >= 15 is 0 Å². The van der Waals surface area contributed by atoms with Crippen LogP contribution in [0.1, 0.15) is 121 Å². The second kappa shape index (κ2) is 20.0. The van der Waals surface area contributed by atoms with Crippen molar-refractivity contribution in [3.63, 3.8) is 0 Å². The summed E-state index contributed by atoms with van der Waals surface area (Å²) in [7, 11) is -8.42. The van der Waals surface area contributed by atoms with Gasteiger partial charge in [-0.15, -0.1) is 0 Å². The van der Waals surface area contributed by atoms with Crippen LogP contribution in [0.4, 0.5) is 5.69 Å². The van der Waals surface area contributed by atoms with Crippen molar-refractivity contribution in [2.45, 2.75) is 104 Å². The van der Waals surface area contributed by atoms with Gasteiger partial charge in [-0.05, 0) is 42.7 Å². The summed E-state index contributed by atoms with van der Waals surface area (Å²) in [6, 6.07) is 12.7. The van der Waals surface area contributed by atoms with Gasteiger partial charge in [0.2, 0.25) is 5.36 Å². The fraction of sp³-hybridized carbons (Fsp3) is 0.548. The predicted molar refractivity (Wildman–Crippen MR) is 221 cm³/mol. The molecule has 0 fully saturated rings. The number of benzene rings is 2. The number of anilines is 1. The monoisotopic (exact) mass is 815 g/mol. The minimum absolute atomic E-state index is 0.0716.